The van der Waals surface area contributed by atoms with Crippen LogP contribution < -0.4 is 14.8 Å². The second-order valence-electron chi connectivity index (χ2n) is 5.89. The van der Waals surface area contributed by atoms with Crippen LogP contribution in [0.1, 0.15) is 12.5 Å². The SMILES string of the molecule is CCOc1ccccc1C=CC(=O)N(C)CC(=O)Nc1cc(Cl)ccc1OC. The third-order valence-electron chi connectivity index (χ3n) is 3.82. The van der Waals surface area contributed by atoms with E-state index in [9.17, 15) is 9.59 Å². The number of carbonyl (C=O) groups excluding carboxylic acids is 2. The van der Waals surface area contributed by atoms with Crippen LogP contribution in [0.5, 0.6) is 11.5 Å². The summed E-state index contributed by atoms with van der Waals surface area (Å²) in [6.07, 6.45) is 3.08. The van der Waals surface area contributed by atoms with Gasteiger partial charge in [-0.15, -0.1) is 0 Å². The van der Waals surface area contributed by atoms with Crippen LogP contribution in [-0.2, 0) is 9.59 Å². The number of nitrogens with one attached hydrogen (secondary N) is 1. The van der Waals surface area contributed by atoms with E-state index in [1.165, 1.54) is 18.1 Å². The van der Waals surface area contributed by atoms with Crippen LogP contribution in [0.3, 0.4) is 0 Å². The zero-order chi connectivity index (χ0) is 20.5. The van der Waals surface area contributed by atoms with Gasteiger partial charge in [0.15, 0.2) is 0 Å². The van der Waals surface area contributed by atoms with Crippen molar-refractivity contribution < 1.29 is 19.1 Å². The van der Waals surface area contributed by atoms with E-state index >= 15 is 0 Å². The molecule has 0 fully saturated rings. The summed E-state index contributed by atoms with van der Waals surface area (Å²) in [5.41, 5.74) is 1.24. The van der Waals surface area contributed by atoms with Crippen LogP contribution in [0.2, 0.25) is 5.02 Å². The number of para-hydroxylation sites is 1. The van der Waals surface area contributed by atoms with E-state index < -0.39 is 0 Å². The van der Waals surface area contributed by atoms with Crippen molar-refractivity contribution in [2.75, 3.05) is 32.6 Å². The second kappa shape index (κ2) is 10.4. The predicted octanol–water partition coefficient (Wildman–Crippen LogP) is 3.86. The topological polar surface area (TPSA) is 67.9 Å². The van der Waals surface area contributed by atoms with Crippen LogP contribution in [0.25, 0.3) is 6.08 Å². The lowest BCUT2D eigenvalue weighted by Gasteiger charge is -2.16. The van der Waals surface area contributed by atoms with Crippen molar-refractivity contribution in [1.82, 2.24) is 4.90 Å². The molecule has 0 aliphatic heterocycles. The summed E-state index contributed by atoms with van der Waals surface area (Å²) >= 11 is 5.96. The van der Waals surface area contributed by atoms with Crippen molar-refractivity contribution in [2.45, 2.75) is 6.92 Å². The molecule has 2 rings (SSSR count). The third-order valence-corrected chi connectivity index (χ3v) is 4.05. The minimum atomic E-state index is -0.362. The van der Waals surface area contributed by atoms with E-state index in [0.29, 0.717) is 28.8 Å². The fourth-order valence-corrected chi connectivity index (χ4v) is 2.63. The van der Waals surface area contributed by atoms with Crippen LogP contribution >= 0.6 is 11.6 Å². The molecular formula is C21H23ClN2O4. The number of anilines is 1. The Balaban J connectivity index is 1.99. The number of rotatable bonds is 8. The Hall–Kier alpha value is -2.99. The molecule has 0 unspecified atom stereocenters. The van der Waals surface area contributed by atoms with Crippen molar-refractivity contribution in [2.24, 2.45) is 0 Å². The van der Waals surface area contributed by atoms with E-state index in [0.717, 1.165) is 5.56 Å². The number of benzene rings is 2. The lowest BCUT2D eigenvalue weighted by atomic mass is 10.2. The van der Waals surface area contributed by atoms with Crippen LogP contribution in [0.15, 0.2) is 48.5 Å². The molecule has 0 saturated heterocycles. The molecule has 28 heavy (non-hydrogen) atoms. The van der Waals surface area contributed by atoms with Gasteiger partial charge in [0, 0.05) is 23.7 Å². The molecule has 6 nitrogen and oxygen atoms in total. The van der Waals surface area contributed by atoms with Crippen molar-refractivity contribution >= 4 is 35.2 Å². The first kappa shape index (κ1) is 21.3. The Morgan fingerprint density at radius 3 is 2.64 bits per heavy atom. The summed E-state index contributed by atoms with van der Waals surface area (Å²) in [7, 11) is 3.05. The lowest BCUT2D eigenvalue weighted by Crippen LogP contribution is -2.33. The number of nitrogens with zero attached hydrogens (tertiary/aromatic N) is 1. The highest BCUT2D eigenvalue weighted by Crippen LogP contribution is 2.27. The second-order valence-corrected chi connectivity index (χ2v) is 6.33. The molecule has 0 atom stereocenters. The van der Waals surface area contributed by atoms with Gasteiger partial charge in [-0.1, -0.05) is 29.8 Å². The van der Waals surface area contributed by atoms with Crippen LogP contribution in [-0.4, -0.2) is 44.0 Å². The monoisotopic (exact) mass is 402 g/mol. The van der Waals surface area contributed by atoms with Gasteiger partial charge in [0.2, 0.25) is 11.8 Å². The number of methoxy groups -OCH3 is 1. The van der Waals surface area contributed by atoms with E-state index in [1.54, 1.807) is 31.3 Å². The Labute approximate surface area is 169 Å². The number of hydrogen-bond donors (Lipinski definition) is 1. The highest BCUT2D eigenvalue weighted by molar-refractivity contribution is 6.31. The standard InChI is InChI=1S/C21H23ClN2O4/c1-4-28-18-8-6-5-7-15(18)9-12-21(26)24(2)14-20(25)23-17-13-16(22)10-11-19(17)27-3/h5-13H,4,14H2,1-3H3,(H,23,25). The van der Waals surface area contributed by atoms with Gasteiger partial charge >= 0.3 is 0 Å². The summed E-state index contributed by atoms with van der Waals surface area (Å²) in [6.45, 7) is 2.31. The maximum atomic E-state index is 12.3. The first-order valence-electron chi connectivity index (χ1n) is 8.73. The quantitative estimate of drug-likeness (QED) is 0.681. The maximum absolute atomic E-state index is 12.3. The molecule has 0 aromatic heterocycles. The molecule has 0 heterocycles. The average Bonchev–Trinajstić information content (AvgIpc) is 2.67. The van der Waals surface area contributed by atoms with Gasteiger partial charge in [-0.3, -0.25) is 9.59 Å². The molecule has 2 amide bonds. The highest BCUT2D eigenvalue weighted by atomic mass is 35.5. The summed E-state index contributed by atoms with van der Waals surface area (Å²) < 4.78 is 10.7. The Morgan fingerprint density at radius 2 is 1.93 bits per heavy atom. The van der Waals surface area contributed by atoms with Gasteiger partial charge in [0.05, 0.1) is 25.9 Å². The highest BCUT2D eigenvalue weighted by Gasteiger charge is 2.13. The molecule has 148 valence electrons. The number of carbonyl (C=O) groups is 2. The molecule has 7 heteroatoms. The van der Waals surface area contributed by atoms with Gasteiger partial charge in [0.1, 0.15) is 11.5 Å². The van der Waals surface area contributed by atoms with Crippen LogP contribution in [0, 0.1) is 0 Å². The van der Waals surface area contributed by atoms with Crippen molar-refractivity contribution in [3.05, 3.63) is 59.1 Å². The number of likely N-dealkylation sites (N-methyl/N-ethyl adjacent to an activating group) is 1. The zero-order valence-corrected chi connectivity index (χ0v) is 16.8. The Morgan fingerprint density at radius 1 is 1.18 bits per heavy atom. The summed E-state index contributed by atoms with van der Waals surface area (Å²) in [4.78, 5) is 25.9. The van der Waals surface area contributed by atoms with E-state index in [2.05, 4.69) is 5.32 Å². The van der Waals surface area contributed by atoms with E-state index in [1.807, 2.05) is 31.2 Å². The van der Waals surface area contributed by atoms with Crippen molar-refractivity contribution in [3.63, 3.8) is 0 Å². The minimum Gasteiger partial charge on any atom is -0.495 e. The third kappa shape index (κ3) is 6.03. The number of amides is 2. The molecule has 0 spiro atoms. The molecule has 0 radical (unpaired) electrons. The van der Waals surface area contributed by atoms with Gasteiger partial charge in [-0.2, -0.15) is 0 Å². The van der Waals surface area contributed by atoms with Crippen molar-refractivity contribution in [1.29, 1.82) is 0 Å². The first-order valence-corrected chi connectivity index (χ1v) is 9.10. The lowest BCUT2D eigenvalue weighted by molar-refractivity contribution is -0.129. The molecule has 1 N–H and O–H groups in total. The molecule has 0 saturated carbocycles. The normalized spacial score (nSPS) is 10.6. The van der Waals surface area contributed by atoms with Crippen molar-refractivity contribution in [3.8, 4) is 11.5 Å². The predicted molar refractivity (Wildman–Crippen MR) is 111 cm³/mol. The summed E-state index contributed by atoms with van der Waals surface area (Å²) in [6, 6.07) is 12.3. The minimum absolute atomic E-state index is 0.119. The molecular weight excluding hydrogens is 380 g/mol. The molecule has 0 aliphatic carbocycles. The maximum Gasteiger partial charge on any atom is 0.246 e. The number of hydrogen-bond acceptors (Lipinski definition) is 4. The molecule has 2 aromatic carbocycles. The van der Waals surface area contributed by atoms with Crippen LogP contribution in [0.4, 0.5) is 5.69 Å². The zero-order valence-electron chi connectivity index (χ0n) is 16.1. The summed E-state index contributed by atoms with van der Waals surface area (Å²) in [5.74, 6) is 0.515. The molecule has 0 bridgehead atoms. The van der Waals surface area contributed by atoms with Gasteiger partial charge in [-0.25, -0.2) is 0 Å². The fourth-order valence-electron chi connectivity index (χ4n) is 2.45. The molecule has 0 aliphatic rings. The van der Waals surface area contributed by atoms with E-state index in [-0.39, 0.29) is 18.4 Å². The Bertz CT molecular complexity index is 867. The smallest absolute Gasteiger partial charge is 0.246 e. The Kier molecular flexibility index (Phi) is 7.89. The molecule has 2 aromatic rings. The number of halogens is 1. The number of ether oxygens (including phenoxy) is 2. The fraction of sp³-hybridized carbons (Fsp3) is 0.238. The largest absolute Gasteiger partial charge is 0.495 e. The summed E-state index contributed by atoms with van der Waals surface area (Å²) in [5, 5.41) is 3.17. The first-order chi connectivity index (χ1) is 13.4. The van der Waals surface area contributed by atoms with Gasteiger partial charge in [-0.05, 0) is 37.3 Å². The van der Waals surface area contributed by atoms with E-state index in [4.69, 9.17) is 21.1 Å². The van der Waals surface area contributed by atoms with Gasteiger partial charge in [0.25, 0.3) is 0 Å². The van der Waals surface area contributed by atoms with Gasteiger partial charge < -0.3 is 19.7 Å². The average molecular weight is 403 g/mol.